The van der Waals surface area contributed by atoms with Crippen molar-refractivity contribution in [3.8, 4) is 0 Å². The topological polar surface area (TPSA) is 49.4 Å². The van der Waals surface area contributed by atoms with Crippen LogP contribution < -0.4 is 5.32 Å². The van der Waals surface area contributed by atoms with E-state index in [-0.39, 0.29) is 11.8 Å². The Morgan fingerprint density at radius 3 is 2.06 bits per heavy atom. The Morgan fingerprint density at radius 2 is 1.44 bits per heavy atom. The predicted molar refractivity (Wildman–Crippen MR) is 139 cm³/mol. The maximum Gasteiger partial charge on any atom is 0.243 e. The minimum absolute atomic E-state index is 0.0401. The Hall–Kier alpha value is -3.11. The summed E-state index contributed by atoms with van der Waals surface area (Å²) in [7, 11) is 0. The summed E-state index contributed by atoms with van der Waals surface area (Å²) in [4.78, 5) is 28.5. The van der Waals surface area contributed by atoms with Gasteiger partial charge < -0.3 is 10.2 Å². The summed E-state index contributed by atoms with van der Waals surface area (Å²) in [6.07, 6.45) is 2.41. The van der Waals surface area contributed by atoms with E-state index in [2.05, 4.69) is 36.5 Å². The summed E-state index contributed by atoms with van der Waals surface area (Å²) in [5.41, 5.74) is 4.35. The molecule has 0 spiro atoms. The molecule has 0 fully saturated rings. The molecule has 3 aromatic rings. The van der Waals surface area contributed by atoms with Gasteiger partial charge >= 0.3 is 0 Å². The van der Waals surface area contributed by atoms with Gasteiger partial charge in [0.2, 0.25) is 11.8 Å². The Balaban J connectivity index is 1.85. The second-order valence-corrected chi connectivity index (χ2v) is 8.85. The number of nitrogens with one attached hydrogen (secondary N) is 1. The quantitative estimate of drug-likeness (QED) is 0.391. The van der Waals surface area contributed by atoms with E-state index >= 15 is 0 Å². The molecule has 0 heterocycles. The fraction of sp³-hybridized carbons (Fsp3) is 0.310. The lowest BCUT2D eigenvalue weighted by Crippen LogP contribution is -2.50. The van der Waals surface area contributed by atoms with Crippen molar-refractivity contribution in [3.63, 3.8) is 0 Å². The van der Waals surface area contributed by atoms with Crippen LogP contribution in [0.25, 0.3) is 0 Å². The zero-order chi connectivity index (χ0) is 24.3. The van der Waals surface area contributed by atoms with Gasteiger partial charge in [-0.2, -0.15) is 0 Å². The van der Waals surface area contributed by atoms with Crippen molar-refractivity contribution in [3.05, 3.63) is 106 Å². The Kier molecular flexibility index (Phi) is 9.72. The highest BCUT2D eigenvalue weighted by molar-refractivity contribution is 6.30. The second kappa shape index (κ2) is 13.0. The van der Waals surface area contributed by atoms with Crippen molar-refractivity contribution in [2.75, 3.05) is 6.54 Å². The predicted octanol–water partition coefficient (Wildman–Crippen LogP) is 5.61. The lowest BCUT2D eigenvalue weighted by molar-refractivity contribution is -0.141. The van der Waals surface area contributed by atoms with E-state index in [0.29, 0.717) is 37.4 Å². The maximum atomic E-state index is 13.6. The van der Waals surface area contributed by atoms with Crippen LogP contribution in [0.4, 0.5) is 0 Å². The molecule has 34 heavy (non-hydrogen) atoms. The smallest absolute Gasteiger partial charge is 0.243 e. The zero-order valence-electron chi connectivity index (χ0n) is 20.0. The fourth-order valence-corrected chi connectivity index (χ4v) is 4.10. The number of carbonyl (C=O) groups excluding carboxylic acids is 2. The van der Waals surface area contributed by atoms with E-state index in [1.807, 2.05) is 61.5 Å². The lowest BCUT2D eigenvalue weighted by atomic mass is 10.0. The monoisotopic (exact) mass is 476 g/mol. The largest absolute Gasteiger partial charge is 0.355 e. The summed E-state index contributed by atoms with van der Waals surface area (Å²) < 4.78 is 0. The lowest BCUT2D eigenvalue weighted by Gasteiger charge is -2.31. The van der Waals surface area contributed by atoms with Gasteiger partial charge in [0.1, 0.15) is 6.04 Å². The van der Waals surface area contributed by atoms with E-state index < -0.39 is 6.04 Å². The third kappa shape index (κ3) is 7.46. The van der Waals surface area contributed by atoms with Crippen LogP contribution in [0.2, 0.25) is 5.02 Å². The van der Waals surface area contributed by atoms with Crippen molar-refractivity contribution in [1.29, 1.82) is 0 Å². The molecule has 0 radical (unpaired) electrons. The number of hydrogen-bond acceptors (Lipinski definition) is 2. The summed E-state index contributed by atoms with van der Waals surface area (Å²) in [5.74, 6) is -0.178. The molecule has 3 rings (SSSR count). The average Bonchev–Trinajstić information content (AvgIpc) is 2.87. The molecule has 0 saturated carbocycles. The minimum atomic E-state index is -0.604. The summed E-state index contributed by atoms with van der Waals surface area (Å²) in [6.45, 7) is 4.88. The first kappa shape index (κ1) is 25.5. The molecule has 0 aliphatic heterocycles. The summed E-state index contributed by atoms with van der Waals surface area (Å²) in [5, 5.41) is 3.57. The normalized spacial score (nSPS) is 11.6. The molecule has 1 N–H and O–H groups in total. The van der Waals surface area contributed by atoms with Crippen molar-refractivity contribution in [2.45, 2.75) is 52.1 Å². The van der Waals surface area contributed by atoms with Crippen LogP contribution in [-0.2, 0) is 35.4 Å². The highest BCUT2D eigenvalue weighted by atomic mass is 35.5. The van der Waals surface area contributed by atoms with Crippen LogP contribution in [0.5, 0.6) is 0 Å². The molecule has 0 bridgehead atoms. The molecule has 0 saturated heterocycles. The Bertz CT molecular complexity index is 1050. The van der Waals surface area contributed by atoms with Gasteiger partial charge in [-0.3, -0.25) is 9.59 Å². The van der Waals surface area contributed by atoms with Gasteiger partial charge in [0.15, 0.2) is 0 Å². The minimum Gasteiger partial charge on any atom is -0.355 e. The molecule has 2 amide bonds. The van der Waals surface area contributed by atoms with Gasteiger partial charge in [0, 0.05) is 31.0 Å². The van der Waals surface area contributed by atoms with Gasteiger partial charge in [-0.05, 0) is 54.2 Å². The maximum absolute atomic E-state index is 13.6. The number of benzene rings is 3. The fourth-order valence-electron chi connectivity index (χ4n) is 3.97. The van der Waals surface area contributed by atoms with E-state index in [1.165, 1.54) is 5.56 Å². The van der Waals surface area contributed by atoms with E-state index in [1.54, 1.807) is 4.90 Å². The van der Waals surface area contributed by atoms with Crippen LogP contribution in [0, 0.1) is 0 Å². The zero-order valence-corrected chi connectivity index (χ0v) is 20.7. The average molecular weight is 477 g/mol. The van der Waals surface area contributed by atoms with Crippen LogP contribution in [0.15, 0.2) is 78.9 Å². The van der Waals surface area contributed by atoms with Crippen molar-refractivity contribution in [1.82, 2.24) is 10.2 Å². The van der Waals surface area contributed by atoms with Crippen LogP contribution in [0.3, 0.4) is 0 Å². The number of hydrogen-bond donors (Lipinski definition) is 1. The van der Waals surface area contributed by atoms with E-state index in [9.17, 15) is 9.59 Å². The number of nitrogens with zero attached hydrogens (tertiary/aromatic N) is 1. The van der Waals surface area contributed by atoms with Crippen molar-refractivity contribution in [2.24, 2.45) is 0 Å². The van der Waals surface area contributed by atoms with Crippen LogP contribution in [-0.4, -0.2) is 29.3 Å². The number of carbonyl (C=O) groups is 2. The van der Waals surface area contributed by atoms with Gasteiger partial charge in [0.25, 0.3) is 0 Å². The van der Waals surface area contributed by atoms with Crippen molar-refractivity contribution < 1.29 is 9.59 Å². The molecule has 178 valence electrons. The standard InChI is InChI=1S/C29H33ClN2O2/c1-3-22-10-12-23(13-11-22)16-19-28(33)32(21-25-14-17-26(30)18-15-25)27(29(34)31-4-2)20-24-8-6-5-7-9-24/h5-15,17-18,27H,3-4,16,19-21H2,1-2H3,(H,31,34)/t27-/m1/s1. The third-order valence-electron chi connectivity index (χ3n) is 5.95. The van der Waals surface area contributed by atoms with Crippen LogP contribution in [0.1, 0.15) is 42.5 Å². The molecule has 0 aliphatic carbocycles. The van der Waals surface area contributed by atoms with E-state index in [4.69, 9.17) is 11.6 Å². The molecule has 0 unspecified atom stereocenters. The molecule has 5 heteroatoms. The van der Waals surface area contributed by atoms with Crippen LogP contribution >= 0.6 is 11.6 Å². The number of amides is 2. The van der Waals surface area contributed by atoms with Crippen molar-refractivity contribution >= 4 is 23.4 Å². The van der Waals surface area contributed by atoms with Gasteiger partial charge in [-0.25, -0.2) is 0 Å². The molecule has 1 atom stereocenters. The highest BCUT2D eigenvalue weighted by Gasteiger charge is 2.29. The molecule has 4 nitrogen and oxygen atoms in total. The number of likely N-dealkylation sites (N-methyl/N-ethyl adjacent to an activating group) is 1. The first-order chi connectivity index (χ1) is 16.5. The summed E-state index contributed by atoms with van der Waals surface area (Å²) in [6, 6.07) is 25.1. The van der Waals surface area contributed by atoms with E-state index in [0.717, 1.165) is 23.1 Å². The first-order valence-electron chi connectivity index (χ1n) is 11.9. The molecular formula is C29H33ClN2O2. The highest BCUT2D eigenvalue weighted by Crippen LogP contribution is 2.18. The Morgan fingerprint density at radius 1 is 0.824 bits per heavy atom. The number of halogens is 1. The number of rotatable bonds is 11. The molecule has 3 aromatic carbocycles. The second-order valence-electron chi connectivity index (χ2n) is 8.42. The third-order valence-corrected chi connectivity index (χ3v) is 6.20. The van der Waals surface area contributed by atoms with Gasteiger partial charge in [-0.15, -0.1) is 0 Å². The Labute approximate surface area is 207 Å². The summed E-state index contributed by atoms with van der Waals surface area (Å²) >= 11 is 6.07. The van der Waals surface area contributed by atoms with Gasteiger partial charge in [0.05, 0.1) is 0 Å². The molecular weight excluding hydrogens is 444 g/mol. The first-order valence-corrected chi connectivity index (χ1v) is 12.3. The molecule has 0 aliphatic rings. The SMILES string of the molecule is CCNC(=O)[C@@H](Cc1ccccc1)N(Cc1ccc(Cl)cc1)C(=O)CCc1ccc(CC)cc1. The molecule has 0 aromatic heterocycles. The number of aryl methyl sites for hydroxylation is 2. The van der Waals surface area contributed by atoms with Gasteiger partial charge in [-0.1, -0.05) is 85.3 Å².